The first kappa shape index (κ1) is 21.4. The Labute approximate surface area is 175 Å². The number of carbonyl (C=O) groups excluding carboxylic acids is 1. The normalized spacial score (nSPS) is 11.0. The number of methoxy groups -OCH3 is 1. The molecule has 8 heteroatoms. The summed E-state index contributed by atoms with van der Waals surface area (Å²) in [5.41, 5.74) is 2.75. The summed E-state index contributed by atoms with van der Waals surface area (Å²) in [6.07, 6.45) is 0.509. The Hall–Kier alpha value is -3.36. The topological polar surface area (TPSA) is 111 Å². The first-order valence-corrected chi connectivity index (χ1v) is 10.8. The predicted molar refractivity (Wildman–Crippen MR) is 118 cm³/mol. The van der Waals surface area contributed by atoms with Crippen molar-refractivity contribution >= 4 is 33.0 Å². The van der Waals surface area contributed by atoms with Crippen molar-refractivity contribution in [1.82, 2.24) is 0 Å². The minimum atomic E-state index is -3.90. The van der Waals surface area contributed by atoms with Crippen molar-refractivity contribution in [3.63, 3.8) is 0 Å². The predicted octanol–water partition coefficient (Wildman–Crippen LogP) is 3.90. The minimum Gasteiger partial charge on any atom is -0.497 e. The second-order valence-electron chi connectivity index (χ2n) is 6.57. The molecule has 0 heterocycles. The van der Waals surface area contributed by atoms with Crippen LogP contribution in [-0.2, 0) is 16.4 Å². The van der Waals surface area contributed by atoms with E-state index in [1.165, 1.54) is 6.07 Å². The van der Waals surface area contributed by atoms with E-state index in [0.717, 1.165) is 11.4 Å². The second-order valence-corrected chi connectivity index (χ2v) is 8.10. The Morgan fingerprint density at radius 1 is 1.00 bits per heavy atom. The number of sulfonamides is 1. The molecule has 0 atom stereocenters. The lowest BCUT2D eigenvalue weighted by atomic mass is 10.1. The fraction of sp³-hybridized carbons (Fsp3) is 0.136. The van der Waals surface area contributed by atoms with Crippen LogP contribution in [0.15, 0.2) is 71.6 Å². The second kappa shape index (κ2) is 8.98. The standard InChI is InChI=1S/C22H23N3O4S/c1-3-15-8-9-17(14-21(15)30(23,27)28)25-22(26)19-6-4-5-7-20(19)24-16-10-12-18(29-2)13-11-16/h4-14,24H,3H2,1-2H3,(H,25,26)(H2,23,27,28). The maximum Gasteiger partial charge on any atom is 0.257 e. The van der Waals surface area contributed by atoms with Crippen LogP contribution >= 0.6 is 0 Å². The van der Waals surface area contributed by atoms with Crippen LogP contribution in [0.4, 0.5) is 17.1 Å². The van der Waals surface area contributed by atoms with Crippen LogP contribution in [0.3, 0.4) is 0 Å². The van der Waals surface area contributed by atoms with Gasteiger partial charge in [-0.2, -0.15) is 0 Å². The number of aryl methyl sites for hydroxylation is 1. The third-order valence-corrected chi connectivity index (χ3v) is 5.55. The fourth-order valence-corrected chi connectivity index (χ4v) is 3.88. The molecule has 4 N–H and O–H groups in total. The zero-order valence-electron chi connectivity index (χ0n) is 16.7. The average molecular weight is 426 g/mol. The highest BCUT2D eigenvalue weighted by atomic mass is 32.2. The quantitative estimate of drug-likeness (QED) is 0.532. The fourth-order valence-electron chi connectivity index (χ4n) is 3.01. The van der Waals surface area contributed by atoms with E-state index in [0.29, 0.717) is 28.9 Å². The van der Waals surface area contributed by atoms with Gasteiger partial charge < -0.3 is 15.4 Å². The first-order chi connectivity index (χ1) is 14.3. The Morgan fingerprint density at radius 2 is 1.67 bits per heavy atom. The maximum absolute atomic E-state index is 12.9. The Morgan fingerprint density at radius 3 is 2.30 bits per heavy atom. The van der Waals surface area contributed by atoms with Crippen LogP contribution in [0.5, 0.6) is 5.75 Å². The number of rotatable bonds is 7. The van der Waals surface area contributed by atoms with E-state index in [1.54, 1.807) is 37.4 Å². The number of hydrogen-bond acceptors (Lipinski definition) is 5. The molecule has 7 nitrogen and oxygen atoms in total. The van der Waals surface area contributed by atoms with E-state index in [-0.39, 0.29) is 10.8 Å². The van der Waals surface area contributed by atoms with Crippen molar-refractivity contribution in [3.05, 3.63) is 77.9 Å². The van der Waals surface area contributed by atoms with Crippen LogP contribution in [0, 0.1) is 0 Å². The number of ether oxygens (including phenoxy) is 1. The van der Waals surface area contributed by atoms with Gasteiger partial charge in [0.05, 0.1) is 23.3 Å². The molecule has 1 amide bonds. The van der Waals surface area contributed by atoms with Gasteiger partial charge in [0, 0.05) is 11.4 Å². The molecule has 0 aliphatic carbocycles. The molecule has 0 unspecified atom stereocenters. The summed E-state index contributed by atoms with van der Waals surface area (Å²) in [5, 5.41) is 11.3. The largest absolute Gasteiger partial charge is 0.497 e. The molecule has 0 aromatic heterocycles. The Balaban J connectivity index is 1.86. The number of carbonyl (C=O) groups is 1. The third kappa shape index (κ3) is 4.97. The Bertz CT molecular complexity index is 1160. The molecule has 30 heavy (non-hydrogen) atoms. The maximum atomic E-state index is 12.9. The smallest absolute Gasteiger partial charge is 0.257 e. The molecule has 156 valence electrons. The van der Waals surface area contributed by atoms with Crippen LogP contribution in [0.25, 0.3) is 0 Å². The highest BCUT2D eigenvalue weighted by molar-refractivity contribution is 7.89. The highest BCUT2D eigenvalue weighted by Gasteiger charge is 2.16. The molecule has 0 bridgehead atoms. The van der Waals surface area contributed by atoms with Gasteiger partial charge in [0.15, 0.2) is 0 Å². The van der Waals surface area contributed by atoms with Gasteiger partial charge in [0.2, 0.25) is 10.0 Å². The van der Waals surface area contributed by atoms with Gasteiger partial charge in [-0.1, -0.05) is 25.1 Å². The number of hydrogen-bond donors (Lipinski definition) is 3. The van der Waals surface area contributed by atoms with E-state index < -0.39 is 10.0 Å². The van der Waals surface area contributed by atoms with E-state index in [1.807, 2.05) is 37.3 Å². The summed E-state index contributed by atoms with van der Waals surface area (Å²) < 4.78 is 28.9. The molecule has 3 aromatic rings. The van der Waals surface area contributed by atoms with Gasteiger partial charge in [-0.15, -0.1) is 0 Å². The van der Waals surface area contributed by atoms with Crippen molar-refractivity contribution < 1.29 is 17.9 Å². The lowest BCUT2D eigenvalue weighted by Gasteiger charge is -2.14. The third-order valence-electron chi connectivity index (χ3n) is 4.55. The number of benzene rings is 3. The van der Waals surface area contributed by atoms with Gasteiger partial charge in [-0.05, 0) is 60.5 Å². The molecule has 0 saturated heterocycles. The zero-order valence-corrected chi connectivity index (χ0v) is 17.5. The first-order valence-electron chi connectivity index (χ1n) is 9.29. The summed E-state index contributed by atoms with van der Waals surface area (Å²) in [6, 6.07) is 19.0. The summed E-state index contributed by atoms with van der Waals surface area (Å²) in [7, 11) is -2.30. The molecule has 0 spiro atoms. The van der Waals surface area contributed by atoms with Gasteiger partial charge in [0.25, 0.3) is 5.91 Å². The number of primary sulfonamides is 1. The molecule has 0 saturated carbocycles. The zero-order chi connectivity index (χ0) is 21.7. The number of para-hydroxylation sites is 1. The van der Waals surface area contributed by atoms with Crippen molar-refractivity contribution in [2.45, 2.75) is 18.2 Å². The molecule has 0 radical (unpaired) electrons. The molecule has 3 aromatic carbocycles. The van der Waals surface area contributed by atoms with Crippen LogP contribution in [0.1, 0.15) is 22.8 Å². The van der Waals surface area contributed by atoms with Crippen molar-refractivity contribution in [1.29, 1.82) is 0 Å². The average Bonchev–Trinajstić information content (AvgIpc) is 2.74. The summed E-state index contributed by atoms with van der Waals surface area (Å²) in [5.74, 6) is 0.351. The summed E-state index contributed by atoms with van der Waals surface area (Å²) >= 11 is 0. The van der Waals surface area contributed by atoms with E-state index in [4.69, 9.17) is 9.88 Å². The molecule has 3 rings (SSSR count). The molecule has 0 aliphatic heterocycles. The van der Waals surface area contributed by atoms with Gasteiger partial charge in [-0.25, -0.2) is 13.6 Å². The minimum absolute atomic E-state index is 0.00689. The number of nitrogens with one attached hydrogen (secondary N) is 2. The highest BCUT2D eigenvalue weighted by Crippen LogP contribution is 2.25. The summed E-state index contributed by atoms with van der Waals surface area (Å²) in [4.78, 5) is 12.9. The van der Waals surface area contributed by atoms with E-state index in [9.17, 15) is 13.2 Å². The SMILES string of the molecule is CCc1ccc(NC(=O)c2ccccc2Nc2ccc(OC)cc2)cc1S(N)(=O)=O. The lowest BCUT2D eigenvalue weighted by molar-refractivity contribution is 0.102. The summed E-state index contributed by atoms with van der Waals surface area (Å²) in [6.45, 7) is 1.84. The van der Waals surface area contributed by atoms with Gasteiger partial charge >= 0.3 is 0 Å². The number of anilines is 3. The lowest BCUT2D eigenvalue weighted by Crippen LogP contribution is -2.17. The van der Waals surface area contributed by atoms with Crippen LogP contribution < -0.4 is 20.5 Å². The van der Waals surface area contributed by atoms with Crippen molar-refractivity contribution in [2.24, 2.45) is 5.14 Å². The molecule has 0 aliphatic rings. The monoisotopic (exact) mass is 425 g/mol. The molecule has 0 fully saturated rings. The Kier molecular flexibility index (Phi) is 6.39. The van der Waals surface area contributed by atoms with Crippen molar-refractivity contribution in [2.75, 3.05) is 17.7 Å². The van der Waals surface area contributed by atoms with Crippen molar-refractivity contribution in [3.8, 4) is 5.75 Å². The van der Waals surface area contributed by atoms with Crippen LogP contribution in [0.2, 0.25) is 0 Å². The van der Waals surface area contributed by atoms with Crippen LogP contribution in [-0.4, -0.2) is 21.4 Å². The van der Waals surface area contributed by atoms with Gasteiger partial charge in [0.1, 0.15) is 5.75 Å². The number of amides is 1. The van der Waals surface area contributed by atoms with E-state index >= 15 is 0 Å². The van der Waals surface area contributed by atoms with Gasteiger partial charge in [-0.3, -0.25) is 4.79 Å². The number of nitrogens with two attached hydrogens (primary N) is 1. The molecular formula is C22H23N3O4S. The molecular weight excluding hydrogens is 402 g/mol. The van der Waals surface area contributed by atoms with E-state index in [2.05, 4.69) is 10.6 Å².